The Morgan fingerprint density at radius 1 is 1.29 bits per heavy atom. The summed E-state index contributed by atoms with van der Waals surface area (Å²) in [5.41, 5.74) is 1.86. The number of aryl methyl sites for hydroxylation is 1. The lowest BCUT2D eigenvalue weighted by Gasteiger charge is -2.29. The number of amides is 1. The number of nitrogens with zero attached hydrogens (tertiary/aromatic N) is 1. The van der Waals surface area contributed by atoms with Crippen molar-refractivity contribution in [2.24, 2.45) is 0 Å². The molecule has 1 aliphatic heterocycles. The predicted molar refractivity (Wildman–Crippen MR) is 91.7 cm³/mol. The van der Waals surface area contributed by atoms with Crippen LogP contribution in [0.2, 0.25) is 0 Å². The van der Waals surface area contributed by atoms with Gasteiger partial charge in [-0.15, -0.1) is 0 Å². The molecule has 0 aromatic heterocycles. The Bertz CT molecular complexity index is 686. The Morgan fingerprint density at radius 2 is 2.00 bits per heavy atom. The monoisotopic (exact) mass is 356 g/mol. The molecule has 0 atom stereocenters. The van der Waals surface area contributed by atoms with Crippen molar-refractivity contribution in [3.8, 4) is 0 Å². The molecule has 1 saturated heterocycles. The highest BCUT2D eigenvalue weighted by Crippen LogP contribution is 2.27. The molecule has 1 amide bonds. The minimum Gasteiger partial charge on any atom is -0.354 e. The lowest BCUT2D eigenvalue weighted by Crippen LogP contribution is -2.38. The minimum absolute atomic E-state index is 0.171. The minimum atomic E-state index is -3.26. The van der Waals surface area contributed by atoms with E-state index in [9.17, 15) is 13.2 Å². The Hall–Kier alpha value is -1.64. The SMILES string of the molecule is COC(CNC(=O)c1ccc(N2CCCCS2(=O)=O)c(C)c1)OC. The summed E-state index contributed by atoms with van der Waals surface area (Å²) in [6, 6.07) is 5.02. The molecule has 7 nitrogen and oxygen atoms in total. The van der Waals surface area contributed by atoms with Gasteiger partial charge in [0.2, 0.25) is 10.0 Å². The van der Waals surface area contributed by atoms with Crippen LogP contribution in [-0.4, -0.2) is 53.7 Å². The van der Waals surface area contributed by atoms with Gasteiger partial charge < -0.3 is 14.8 Å². The van der Waals surface area contributed by atoms with Gasteiger partial charge in [0.1, 0.15) is 0 Å². The average molecular weight is 356 g/mol. The summed E-state index contributed by atoms with van der Waals surface area (Å²) in [5, 5.41) is 2.72. The normalized spacial score (nSPS) is 17.1. The summed E-state index contributed by atoms with van der Waals surface area (Å²) in [4.78, 5) is 12.2. The maximum Gasteiger partial charge on any atom is 0.251 e. The van der Waals surface area contributed by atoms with E-state index in [-0.39, 0.29) is 18.2 Å². The van der Waals surface area contributed by atoms with Crippen molar-refractivity contribution in [2.75, 3.05) is 37.4 Å². The number of methoxy groups -OCH3 is 2. The zero-order chi connectivity index (χ0) is 17.7. The lowest BCUT2D eigenvalue weighted by atomic mass is 10.1. The second-order valence-electron chi connectivity index (χ2n) is 5.71. The number of sulfonamides is 1. The van der Waals surface area contributed by atoms with Gasteiger partial charge in [-0.05, 0) is 43.5 Å². The molecule has 1 N–H and O–H groups in total. The zero-order valence-electron chi connectivity index (χ0n) is 14.2. The van der Waals surface area contributed by atoms with Gasteiger partial charge in [-0.2, -0.15) is 0 Å². The van der Waals surface area contributed by atoms with Crippen molar-refractivity contribution in [2.45, 2.75) is 26.1 Å². The first kappa shape index (κ1) is 18.7. The molecule has 0 radical (unpaired) electrons. The second kappa shape index (κ2) is 7.96. The lowest BCUT2D eigenvalue weighted by molar-refractivity contribution is -0.0974. The first-order valence-electron chi connectivity index (χ1n) is 7.84. The van der Waals surface area contributed by atoms with Gasteiger partial charge >= 0.3 is 0 Å². The number of ether oxygens (including phenoxy) is 2. The quantitative estimate of drug-likeness (QED) is 0.776. The van der Waals surface area contributed by atoms with Gasteiger partial charge in [-0.3, -0.25) is 9.10 Å². The van der Waals surface area contributed by atoms with Gasteiger partial charge in [0.25, 0.3) is 5.91 Å². The molecule has 1 aromatic rings. The van der Waals surface area contributed by atoms with Crippen LogP contribution >= 0.6 is 0 Å². The maximum atomic E-state index is 12.2. The van der Waals surface area contributed by atoms with E-state index in [0.29, 0.717) is 24.2 Å². The van der Waals surface area contributed by atoms with Crippen LogP contribution in [-0.2, 0) is 19.5 Å². The smallest absolute Gasteiger partial charge is 0.251 e. The van der Waals surface area contributed by atoms with Crippen LogP contribution in [0.1, 0.15) is 28.8 Å². The van der Waals surface area contributed by atoms with Gasteiger partial charge in [0.15, 0.2) is 6.29 Å². The highest BCUT2D eigenvalue weighted by atomic mass is 32.2. The molecule has 0 spiro atoms. The van der Waals surface area contributed by atoms with Gasteiger partial charge in [-0.1, -0.05) is 0 Å². The summed E-state index contributed by atoms with van der Waals surface area (Å²) in [6.07, 6.45) is 1.03. The topological polar surface area (TPSA) is 84.9 Å². The summed E-state index contributed by atoms with van der Waals surface area (Å²) >= 11 is 0. The number of hydrogen-bond acceptors (Lipinski definition) is 5. The molecule has 24 heavy (non-hydrogen) atoms. The van der Waals surface area contributed by atoms with E-state index < -0.39 is 16.3 Å². The molecule has 1 heterocycles. The summed E-state index contributed by atoms with van der Waals surface area (Å²) in [6.45, 7) is 2.52. The molecule has 2 rings (SSSR count). The molecule has 1 aliphatic rings. The molecule has 0 saturated carbocycles. The van der Waals surface area contributed by atoms with Crippen LogP contribution < -0.4 is 9.62 Å². The van der Waals surface area contributed by atoms with E-state index in [4.69, 9.17) is 9.47 Å². The van der Waals surface area contributed by atoms with Gasteiger partial charge in [0, 0.05) is 26.3 Å². The molecule has 0 aliphatic carbocycles. The highest BCUT2D eigenvalue weighted by molar-refractivity contribution is 7.92. The number of nitrogens with one attached hydrogen (secondary N) is 1. The number of rotatable bonds is 6. The fourth-order valence-corrected chi connectivity index (χ4v) is 4.38. The van der Waals surface area contributed by atoms with Crippen molar-refractivity contribution in [1.29, 1.82) is 0 Å². The van der Waals surface area contributed by atoms with Crippen LogP contribution in [0.25, 0.3) is 0 Å². The third-order valence-electron chi connectivity index (χ3n) is 4.03. The molecular formula is C16H24N2O5S. The maximum absolute atomic E-state index is 12.2. The number of anilines is 1. The number of benzene rings is 1. The largest absolute Gasteiger partial charge is 0.354 e. The molecule has 8 heteroatoms. The van der Waals surface area contributed by atoms with Gasteiger partial charge in [0.05, 0.1) is 18.0 Å². The van der Waals surface area contributed by atoms with Gasteiger partial charge in [-0.25, -0.2) is 8.42 Å². The third kappa shape index (κ3) is 4.25. The van der Waals surface area contributed by atoms with E-state index in [0.717, 1.165) is 12.0 Å². The Labute approximate surface area is 143 Å². The number of hydrogen-bond donors (Lipinski definition) is 1. The Kier molecular flexibility index (Phi) is 6.20. The average Bonchev–Trinajstić information content (AvgIpc) is 2.55. The summed E-state index contributed by atoms with van der Waals surface area (Å²) in [7, 11) is -0.264. The van der Waals surface area contributed by atoms with E-state index in [1.807, 2.05) is 6.92 Å². The van der Waals surface area contributed by atoms with Crippen molar-refractivity contribution >= 4 is 21.6 Å². The van der Waals surface area contributed by atoms with E-state index in [2.05, 4.69) is 5.32 Å². The molecule has 134 valence electrons. The Balaban J connectivity index is 2.13. The van der Waals surface area contributed by atoms with Crippen LogP contribution in [0.15, 0.2) is 18.2 Å². The van der Waals surface area contributed by atoms with Crippen LogP contribution in [0, 0.1) is 6.92 Å². The molecule has 1 fully saturated rings. The molecule has 0 unspecified atom stereocenters. The number of carbonyl (C=O) groups excluding carboxylic acids is 1. The summed E-state index contributed by atoms with van der Waals surface area (Å²) in [5.74, 6) is -0.0883. The van der Waals surface area contributed by atoms with Crippen molar-refractivity contribution in [3.63, 3.8) is 0 Å². The Morgan fingerprint density at radius 3 is 2.58 bits per heavy atom. The van der Waals surface area contributed by atoms with E-state index in [1.54, 1.807) is 18.2 Å². The molecule has 1 aromatic carbocycles. The third-order valence-corrected chi connectivity index (χ3v) is 5.89. The van der Waals surface area contributed by atoms with E-state index >= 15 is 0 Å². The fraction of sp³-hybridized carbons (Fsp3) is 0.562. The predicted octanol–water partition coefficient (Wildman–Crippen LogP) is 1.27. The van der Waals surface area contributed by atoms with Crippen molar-refractivity contribution < 1.29 is 22.7 Å². The van der Waals surface area contributed by atoms with Crippen LogP contribution in [0.3, 0.4) is 0 Å². The standard InChI is InChI=1S/C16H24N2O5S/c1-12-10-13(16(19)17-11-15(22-2)23-3)6-7-14(12)18-8-4-5-9-24(18,20)21/h6-7,10,15H,4-5,8-9,11H2,1-3H3,(H,17,19). The second-order valence-corrected chi connectivity index (χ2v) is 7.72. The van der Waals surface area contributed by atoms with Crippen LogP contribution in [0.4, 0.5) is 5.69 Å². The van der Waals surface area contributed by atoms with E-state index in [1.165, 1.54) is 18.5 Å². The summed E-state index contributed by atoms with van der Waals surface area (Å²) < 4.78 is 35.9. The zero-order valence-corrected chi connectivity index (χ0v) is 15.1. The van der Waals surface area contributed by atoms with Crippen molar-refractivity contribution in [1.82, 2.24) is 5.32 Å². The highest BCUT2D eigenvalue weighted by Gasteiger charge is 2.27. The van der Waals surface area contributed by atoms with Crippen LogP contribution in [0.5, 0.6) is 0 Å². The van der Waals surface area contributed by atoms with Crippen molar-refractivity contribution in [3.05, 3.63) is 29.3 Å². The first-order chi connectivity index (χ1) is 11.4. The fourth-order valence-electron chi connectivity index (χ4n) is 2.68. The molecular weight excluding hydrogens is 332 g/mol. The number of carbonyl (C=O) groups is 1. The molecule has 0 bridgehead atoms. The first-order valence-corrected chi connectivity index (χ1v) is 9.45.